The third kappa shape index (κ3) is 3.74. The highest BCUT2D eigenvalue weighted by molar-refractivity contribution is 5.98. The number of rotatable bonds is 6. The maximum Gasteiger partial charge on any atom is 0.176 e. The fourth-order valence-corrected chi connectivity index (χ4v) is 1.86. The highest BCUT2D eigenvalue weighted by atomic mass is 16.3. The summed E-state index contributed by atoms with van der Waals surface area (Å²) >= 11 is 0. The van der Waals surface area contributed by atoms with Gasteiger partial charge in [-0.25, -0.2) is 0 Å². The van der Waals surface area contributed by atoms with Gasteiger partial charge in [0.15, 0.2) is 5.78 Å². The monoisotopic (exact) mass is 255 g/mol. The van der Waals surface area contributed by atoms with E-state index in [1.165, 1.54) is 0 Å². The Bertz CT molecular complexity index is 520. The van der Waals surface area contributed by atoms with E-state index in [2.05, 4.69) is 5.32 Å². The average Bonchev–Trinajstić information content (AvgIpc) is 2.48. The van der Waals surface area contributed by atoms with Gasteiger partial charge in [-0.05, 0) is 11.1 Å². The molecule has 2 rings (SSSR count). The molecule has 0 saturated heterocycles. The zero-order valence-corrected chi connectivity index (χ0v) is 10.7. The molecule has 3 heteroatoms. The molecule has 0 heterocycles. The Hall–Kier alpha value is -1.97. The molecule has 98 valence electrons. The molecule has 0 bridgehead atoms. The minimum absolute atomic E-state index is 0.0352. The summed E-state index contributed by atoms with van der Waals surface area (Å²) in [5.41, 5.74) is 2.92. The van der Waals surface area contributed by atoms with Crippen LogP contribution in [0.4, 0.5) is 0 Å². The Labute approximate surface area is 112 Å². The number of benzene rings is 2. The number of aliphatic hydroxyl groups excluding tert-OH is 1. The van der Waals surface area contributed by atoms with Crippen LogP contribution in [0.3, 0.4) is 0 Å². The molecule has 2 aromatic carbocycles. The van der Waals surface area contributed by atoms with Crippen molar-refractivity contribution in [3.8, 4) is 11.1 Å². The van der Waals surface area contributed by atoms with Crippen molar-refractivity contribution in [3.05, 3.63) is 60.2 Å². The van der Waals surface area contributed by atoms with Gasteiger partial charge in [-0.3, -0.25) is 4.79 Å². The molecule has 0 aliphatic carbocycles. The first-order valence-electron chi connectivity index (χ1n) is 6.31. The van der Waals surface area contributed by atoms with Gasteiger partial charge in [0, 0.05) is 12.1 Å². The smallest absolute Gasteiger partial charge is 0.176 e. The van der Waals surface area contributed by atoms with E-state index in [9.17, 15) is 4.79 Å². The number of hydrogen-bond donors (Lipinski definition) is 2. The van der Waals surface area contributed by atoms with Crippen LogP contribution in [0.1, 0.15) is 10.4 Å². The lowest BCUT2D eigenvalue weighted by molar-refractivity contribution is 0.0989. The minimum atomic E-state index is 0.0352. The molecule has 0 fully saturated rings. The van der Waals surface area contributed by atoms with Gasteiger partial charge in [-0.1, -0.05) is 54.6 Å². The van der Waals surface area contributed by atoms with Crippen LogP contribution in [-0.2, 0) is 0 Å². The number of hydrogen-bond acceptors (Lipinski definition) is 3. The number of ketones is 1. The first-order valence-corrected chi connectivity index (χ1v) is 6.31. The van der Waals surface area contributed by atoms with E-state index in [1.54, 1.807) is 0 Å². The van der Waals surface area contributed by atoms with Crippen molar-refractivity contribution in [2.45, 2.75) is 0 Å². The number of carbonyl (C=O) groups is 1. The van der Waals surface area contributed by atoms with Crippen LogP contribution >= 0.6 is 0 Å². The van der Waals surface area contributed by atoms with E-state index in [0.29, 0.717) is 12.1 Å². The molecule has 0 radical (unpaired) electrons. The van der Waals surface area contributed by atoms with Crippen LogP contribution in [0, 0.1) is 0 Å². The molecule has 0 unspecified atom stereocenters. The van der Waals surface area contributed by atoms with Crippen molar-refractivity contribution in [3.63, 3.8) is 0 Å². The number of aliphatic hydroxyl groups is 1. The summed E-state index contributed by atoms with van der Waals surface area (Å²) in [6, 6.07) is 17.6. The molecule has 19 heavy (non-hydrogen) atoms. The fraction of sp³-hybridized carbons (Fsp3) is 0.188. The summed E-state index contributed by atoms with van der Waals surface area (Å²) < 4.78 is 0. The fourth-order valence-electron chi connectivity index (χ4n) is 1.86. The molecule has 0 aromatic heterocycles. The quantitative estimate of drug-likeness (QED) is 0.614. The summed E-state index contributed by atoms with van der Waals surface area (Å²) in [5, 5.41) is 11.5. The number of Topliss-reactive ketones (excluding diaryl/α,β-unsaturated/α-hetero) is 1. The summed E-state index contributed by atoms with van der Waals surface area (Å²) in [4.78, 5) is 11.8. The van der Waals surface area contributed by atoms with Gasteiger partial charge in [0.1, 0.15) is 0 Å². The Kier molecular flexibility index (Phi) is 4.84. The normalized spacial score (nSPS) is 10.4. The Morgan fingerprint density at radius 1 is 0.947 bits per heavy atom. The van der Waals surface area contributed by atoms with E-state index in [0.717, 1.165) is 11.1 Å². The summed E-state index contributed by atoms with van der Waals surface area (Å²) in [7, 11) is 0. The highest BCUT2D eigenvalue weighted by Gasteiger charge is 2.05. The number of carbonyl (C=O) groups excluding carboxylic acids is 1. The molecule has 0 aliphatic rings. The molecular weight excluding hydrogens is 238 g/mol. The van der Waals surface area contributed by atoms with Crippen LogP contribution in [0.5, 0.6) is 0 Å². The third-order valence-electron chi connectivity index (χ3n) is 2.89. The van der Waals surface area contributed by atoms with Gasteiger partial charge in [0.25, 0.3) is 0 Å². The Morgan fingerprint density at radius 2 is 1.58 bits per heavy atom. The molecule has 2 N–H and O–H groups in total. The zero-order valence-electron chi connectivity index (χ0n) is 10.7. The summed E-state index contributed by atoms with van der Waals surface area (Å²) in [5.74, 6) is 0.0352. The van der Waals surface area contributed by atoms with Gasteiger partial charge < -0.3 is 10.4 Å². The zero-order chi connectivity index (χ0) is 13.5. The summed E-state index contributed by atoms with van der Waals surface area (Å²) in [6.07, 6.45) is 0. The Morgan fingerprint density at radius 3 is 2.21 bits per heavy atom. The third-order valence-corrected chi connectivity index (χ3v) is 2.89. The molecule has 0 atom stereocenters. The average molecular weight is 255 g/mol. The van der Waals surface area contributed by atoms with Crippen molar-refractivity contribution in [2.75, 3.05) is 19.7 Å². The maximum atomic E-state index is 11.8. The van der Waals surface area contributed by atoms with Gasteiger partial charge in [-0.2, -0.15) is 0 Å². The van der Waals surface area contributed by atoms with Crippen molar-refractivity contribution in [2.24, 2.45) is 0 Å². The van der Waals surface area contributed by atoms with Gasteiger partial charge in [0.2, 0.25) is 0 Å². The predicted molar refractivity (Wildman–Crippen MR) is 76.2 cm³/mol. The van der Waals surface area contributed by atoms with E-state index in [1.807, 2.05) is 54.6 Å². The lowest BCUT2D eigenvalue weighted by Gasteiger charge is -2.05. The van der Waals surface area contributed by atoms with Crippen LogP contribution in [0.15, 0.2) is 54.6 Å². The second-order valence-corrected chi connectivity index (χ2v) is 4.27. The largest absolute Gasteiger partial charge is 0.395 e. The maximum absolute atomic E-state index is 11.8. The van der Waals surface area contributed by atoms with Crippen LogP contribution in [0.25, 0.3) is 11.1 Å². The van der Waals surface area contributed by atoms with Crippen molar-refractivity contribution < 1.29 is 9.90 Å². The van der Waals surface area contributed by atoms with Crippen LogP contribution in [0.2, 0.25) is 0 Å². The summed E-state index contributed by atoms with van der Waals surface area (Å²) in [6.45, 7) is 0.735. The van der Waals surface area contributed by atoms with Gasteiger partial charge >= 0.3 is 0 Å². The van der Waals surface area contributed by atoms with Gasteiger partial charge in [0.05, 0.1) is 13.2 Å². The van der Waals surface area contributed by atoms with Crippen molar-refractivity contribution >= 4 is 5.78 Å². The first kappa shape index (κ1) is 13.5. The molecule has 0 spiro atoms. The highest BCUT2D eigenvalue weighted by Crippen LogP contribution is 2.19. The van der Waals surface area contributed by atoms with Gasteiger partial charge in [-0.15, -0.1) is 0 Å². The number of nitrogens with one attached hydrogen (secondary N) is 1. The molecule has 2 aromatic rings. The standard InChI is InChI=1S/C16H17NO2/c18-11-10-17-12-16(19)15-8-6-14(7-9-15)13-4-2-1-3-5-13/h1-9,17-18H,10-12H2. The molecule has 0 saturated carbocycles. The minimum Gasteiger partial charge on any atom is -0.395 e. The second kappa shape index (κ2) is 6.83. The van der Waals surface area contributed by atoms with E-state index in [-0.39, 0.29) is 18.9 Å². The van der Waals surface area contributed by atoms with Crippen molar-refractivity contribution in [1.82, 2.24) is 5.32 Å². The van der Waals surface area contributed by atoms with Crippen molar-refractivity contribution in [1.29, 1.82) is 0 Å². The molecule has 0 aliphatic heterocycles. The lowest BCUT2D eigenvalue weighted by Crippen LogP contribution is -2.25. The Balaban J connectivity index is 2.04. The second-order valence-electron chi connectivity index (χ2n) is 4.27. The van der Waals surface area contributed by atoms with Crippen LogP contribution in [-0.4, -0.2) is 30.6 Å². The molecule has 0 amide bonds. The van der Waals surface area contributed by atoms with E-state index in [4.69, 9.17) is 5.11 Å². The molecule has 3 nitrogen and oxygen atoms in total. The topological polar surface area (TPSA) is 49.3 Å². The van der Waals surface area contributed by atoms with E-state index >= 15 is 0 Å². The SMILES string of the molecule is O=C(CNCCO)c1ccc(-c2ccccc2)cc1. The predicted octanol–water partition coefficient (Wildman–Crippen LogP) is 2.12. The first-order chi connectivity index (χ1) is 9.31. The molecular formula is C16H17NO2. The lowest BCUT2D eigenvalue weighted by atomic mass is 10.0. The van der Waals surface area contributed by atoms with Crippen LogP contribution < -0.4 is 5.32 Å². The van der Waals surface area contributed by atoms with E-state index < -0.39 is 0 Å².